The molecule has 1 rings (SSSR count). The lowest BCUT2D eigenvalue weighted by Gasteiger charge is -2.09. The first kappa shape index (κ1) is 19.6. The molecule has 0 aliphatic carbocycles. The van der Waals surface area contributed by atoms with Crippen molar-refractivity contribution in [3.05, 3.63) is 23.8 Å². The van der Waals surface area contributed by atoms with E-state index < -0.39 is 17.4 Å². The first-order valence-corrected chi connectivity index (χ1v) is 7.18. The highest BCUT2D eigenvalue weighted by Crippen LogP contribution is 2.25. The van der Waals surface area contributed by atoms with E-state index in [-0.39, 0.29) is 25.8 Å². The number of hydrogen-bond donors (Lipinski definition) is 1. The number of aromatic hydroxyl groups is 1. The molecule has 0 saturated heterocycles. The van der Waals surface area contributed by atoms with Gasteiger partial charge in [-0.15, -0.1) is 0 Å². The smallest absolute Gasteiger partial charge is 0.188 e. The molecule has 132 valence electrons. The molecule has 6 nitrogen and oxygen atoms in total. The third-order valence-corrected chi connectivity index (χ3v) is 2.66. The van der Waals surface area contributed by atoms with Crippen LogP contribution in [0.5, 0.6) is 11.5 Å². The molecule has 0 atom stereocenters. The van der Waals surface area contributed by atoms with Gasteiger partial charge in [-0.3, -0.25) is 0 Å². The van der Waals surface area contributed by atoms with Crippen molar-refractivity contribution < 1.29 is 37.6 Å². The van der Waals surface area contributed by atoms with Gasteiger partial charge in [0.05, 0.1) is 26.4 Å². The maximum Gasteiger partial charge on any atom is 0.188 e. The predicted octanol–water partition coefficient (Wildman–Crippen LogP) is 2.09. The van der Waals surface area contributed by atoms with Crippen molar-refractivity contribution in [3.8, 4) is 11.5 Å². The van der Waals surface area contributed by atoms with Crippen molar-refractivity contribution in [2.75, 3.05) is 53.5 Å². The van der Waals surface area contributed by atoms with E-state index in [1.54, 1.807) is 7.11 Å². The summed E-state index contributed by atoms with van der Waals surface area (Å²) in [6, 6.07) is 1.81. The molecule has 0 aliphatic rings. The van der Waals surface area contributed by atoms with Crippen LogP contribution in [0.3, 0.4) is 0 Å². The van der Waals surface area contributed by atoms with Gasteiger partial charge >= 0.3 is 0 Å². The third kappa shape index (κ3) is 8.65. The van der Waals surface area contributed by atoms with E-state index in [0.717, 1.165) is 18.6 Å². The Balaban J connectivity index is 1.96. The van der Waals surface area contributed by atoms with Gasteiger partial charge in [0.2, 0.25) is 0 Å². The van der Waals surface area contributed by atoms with Crippen LogP contribution in [0, 0.1) is 11.6 Å². The maximum atomic E-state index is 13.0. The van der Waals surface area contributed by atoms with Gasteiger partial charge in [0, 0.05) is 25.8 Å². The molecule has 0 saturated carbocycles. The van der Waals surface area contributed by atoms with Gasteiger partial charge in [-0.1, -0.05) is 0 Å². The SMILES string of the molecule is COCCCOCOCCOCCOc1cc(F)c(O)c(F)c1. The Morgan fingerprint density at radius 3 is 2.17 bits per heavy atom. The molecule has 0 radical (unpaired) electrons. The lowest BCUT2D eigenvalue weighted by atomic mass is 10.3. The number of hydrogen-bond acceptors (Lipinski definition) is 6. The quantitative estimate of drug-likeness (QED) is 0.439. The van der Waals surface area contributed by atoms with E-state index in [1.807, 2.05) is 0 Å². The monoisotopic (exact) mass is 336 g/mol. The second kappa shape index (κ2) is 12.0. The number of rotatable bonds is 13. The van der Waals surface area contributed by atoms with Crippen LogP contribution in [0.15, 0.2) is 12.1 Å². The number of methoxy groups -OCH3 is 1. The first-order valence-electron chi connectivity index (χ1n) is 7.18. The molecule has 0 spiro atoms. The standard InChI is InChI=1S/C15H22F2O6/c1-19-3-2-4-21-11-22-6-5-20-7-8-23-12-9-13(16)15(18)14(17)10-12/h9-10,18H,2-8,11H2,1H3. The van der Waals surface area contributed by atoms with Crippen LogP contribution < -0.4 is 4.74 Å². The Morgan fingerprint density at radius 2 is 1.48 bits per heavy atom. The molecule has 0 heterocycles. The maximum absolute atomic E-state index is 13.0. The van der Waals surface area contributed by atoms with Crippen LogP contribution in [0.1, 0.15) is 6.42 Å². The summed E-state index contributed by atoms with van der Waals surface area (Å²) in [6.07, 6.45) is 0.812. The first-order chi connectivity index (χ1) is 11.1. The van der Waals surface area contributed by atoms with Crippen LogP contribution in [-0.2, 0) is 18.9 Å². The van der Waals surface area contributed by atoms with Gasteiger partial charge in [0.1, 0.15) is 19.1 Å². The van der Waals surface area contributed by atoms with Crippen molar-refractivity contribution in [1.29, 1.82) is 0 Å². The van der Waals surface area contributed by atoms with Crippen LogP contribution >= 0.6 is 0 Å². The zero-order valence-corrected chi connectivity index (χ0v) is 13.1. The molecular weight excluding hydrogens is 314 g/mol. The zero-order valence-electron chi connectivity index (χ0n) is 13.1. The fraction of sp³-hybridized carbons (Fsp3) is 0.600. The highest BCUT2D eigenvalue weighted by Gasteiger charge is 2.10. The van der Waals surface area contributed by atoms with Crippen molar-refractivity contribution in [2.45, 2.75) is 6.42 Å². The molecular formula is C15H22F2O6. The fourth-order valence-electron chi connectivity index (χ4n) is 1.55. The third-order valence-electron chi connectivity index (χ3n) is 2.66. The molecule has 1 aromatic rings. The summed E-state index contributed by atoms with van der Waals surface area (Å²) >= 11 is 0. The van der Waals surface area contributed by atoms with E-state index >= 15 is 0 Å². The Morgan fingerprint density at radius 1 is 0.870 bits per heavy atom. The summed E-state index contributed by atoms with van der Waals surface area (Å²) in [5.74, 6) is -3.17. The molecule has 0 aliphatic heterocycles. The van der Waals surface area contributed by atoms with Gasteiger partial charge < -0.3 is 28.8 Å². The minimum absolute atomic E-state index is 0.0119. The van der Waals surface area contributed by atoms with Crippen LogP contribution in [0.2, 0.25) is 0 Å². The van der Waals surface area contributed by atoms with Gasteiger partial charge in [-0.05, 0) is 6.42 Å². The van der Waals surface area contributed by atoms with Crippen LogP contribution in [0.4, 0.5) is 8.78 Å². The Bertz CT molecular complexity index is 421. The number of phenols is 1. The topological polar surface area (TPSA) is 66.4 Å². The van der Waals surface area contributed by atoms with Crippen LogP contribution in [0.25, 0.3) is 0 Å². The van der Waals surface area contributed by atoms with Crippen LogP contribution in [-0.4, -0.2) is 58.7 Å². The summed E-state index contributed by atoms with van der Waals surface area (Å²) in [5.41, 5.74) is 0. The molecule has 23 heavy (non-hydrogen) atoms. The summed E-state index contributed by atoms with van der Waals surface area (Å²) in [6.45, 7) is 2.49. The highest BCUT2D eigenvalue weighted by molar-refractivity contribution is 5.33. The average Bonchev–Trinajstić information content (AvgIpc) is 2.53. The van der Waals surface area contributed by atoms with Crippen molar-refractivity contribution in [1.82, 2.24) is 0 Å². The highest BCUT2D eigenvalue weighted by atomic mass is 19.1. The number of ether oxygens (including phenoxy) is 5. The number of halogens is 2. The van der Waals surface area contributed by atoms with E-state index in [4.69, 9.17) is 28.8 Å². The summed E-state index contributed by atoms with van der Waals surface area (Å²) in [4.78, 5) is 0. The predicted molar refractivity (Wildman–Crippen MR) is 77.6 cm³/mol. The molecule has 0 aromatic heterocycles. The van der Waals surface area contributed by atoms with E-state index in [2.05, 4.69) is 0 Å². The zero-order chi connectivity index (χ0) is 16.9. The van der Waals surface area contributed by atoms with Gasteiger partial charge in [-0.2, -0.15) is 0 Å². The lowest BCUT2D eigenvalue weighted by molar-refractivity contribution is -0.0731. The van der Waals surface area contributed by atoms with Gasteiger partial charge in [0.25, 0.3) is 0 Å². The normalized spacial score (nSPS) is 10.9. The fourth-order valence-corrected chi connectivity index (χ4v) is 1.55. The van der Waals surface area contributed by atoms with E-state index in [0.29, 0.717) is 26.4 Å². The molecule has 0 amide bonds. The summed E-state index contributed by atoms with van der Waals surface area (Å²) in [7, 11) is 1.63. The minimum atomic E-state index is -1.07. The van der Waals surface area contributed by atoms with Crippen molar-refractivity contribution in [2.24, 2.45) is 0 Å². The average molecular weight is 336 g/mol. The van der Waals surface area contributed by atoms with Gasteiger partial charge in [-0.25, -0.2) is 8.78 Å². The molecule has 8 heteroatoms. The molecule has 0 fully saturated rings. The van der Waals surface area contributed by atoms with Crippen molar-refractivity contribution in [3.63, 3.8) is 0 Å². The molecule has 0 bridgehead atoms. The van der Waals surface area contributed by atoms with Gasteiger partial charge in [0.15, 0.2) is 17.4 Å². The molecule has 1 N–H and O–H groups in total. The second-order valence-electron chi connectivity index (χ2n) is 4.48. The second-order valence-corrected chi connectivity index (χ2v) is 4.48. The van der Waals surface area contributed by atoms with Crippen molar-refractivity contribution >= 4 is 0 Å². The Hall–Kier alpha value is -1.48. The summed E-state index contributed by atoms with van der Waals surface area (Å²) < 4.78 is 51.6. The number of phenolic OH excluding ortho intramolecular Hbond substituents is 1. The Kier molecular flexibility index (Phi) is 10.2. The van der Waals surface area contributed by atoms with E-state index in [1.165, 1.54) is 0 Å². The minimum Gasteiger partial charge on any atom is -0.503 e. The Labute approximate surface area is 133 Å². The molecule has 1 aromatic carbocycles. The largest absolute Gasteiger partial charge is 0.503 e. The lowest BCUT2D eigenvalue weighted by Crippen LogP contribution is -2.12. The summed E-state index contributed by atoms with van der Waals surface area (Å²) in [5, 5.41) is 8.94. The molecule has 0 unspecified atom stereocenters. The number of benzene rings is 1. The van der Waals surface area contributed by atoms with E-state index in [9.17, 15) is 8.78 Å².